The molecule has 3 aromatic rings. The van der Waals surface area contributed by atoms with Crippen molar-refractivity contribution < 1.29 is 14.3 Å². The highest BCUT2D eigenvalue weighted by Gasteiger charge is 2.28. The topological polar surface area (TPSA) is 81.5 Å². The van der Waals surface area contributed by atoms with Crippen molar-refractivity contribution in [3.05, 3.63) is 42.7 Å². The van der Waals surface area contributed by atoms with E-state index in [1.807, 2.05) is 29.1 Å². The predicted molar refractivity (Wildman–Crippen MR) is 112 cm³/mol. The molecule has 0 unspecified atom stereocenters. The van der Waals surface area contributed by atoms with Crippen LogP contribution in [0.25, 0.3) is 5.13 Å². The molecule has 1 aromatic carbocycles. The Hall–Kier alpha value is -3.07. The van der Waals surface area contributed by atoms with Crippen molar-refractivity contribution in [2.24, 2.45) is 5.92 Å². The van der Waals surface area contributed by atoms with Crippen LogP contribution in [0.5, 0.6) is 11.5 Å². The first kappa shape index (κ1) is 19.3. The van der Waals surface area contributed by atoms with Gasteiger partial charge in [0.25, 0.3) is 0 Å². The molecular formula is C20H23N5O3S. The maximum atomic E-state index is 12.9. The summed E-state index contributed by atoms with van der Waals surface area (Å²) in [7, 11) is 3.17. The molecule has 1 amide bonds. The largest absolute Gasteiger partial charge is 0.497 e. The lowest BCUT2D eigenvalue weighted by Gasteiger charge is -2.31. The quantitative estimate of drug-likeness (QED) is 0.668. The van der Waals surface area contributed by atoms with Gasteiger partial charge in [0, 0.05) is 31.5 Å². The Balaban J connectivity index is 1.44. The van der Waals surface area contributed by atoms with Crippen LogP contribution in [0.2, 0.25) is 0 Å². The monoisotopic (exact) mass is 413 g/mol. The maximum absolute atomic E-state index is 12.9. The highest BCUT2D eigenvalue weighted by molar-refractivity contribution is 7.17. The molecule has 9 heteroatoms. The number of methoxy groups -OCH3 is 2. The van der Waals surface area contributed by atoms with Crippen molar-refractivity contribution in [3.8, 4) is 16.6 Å². The second kappa shape index (κ2) is 8.52. The number of aromatic nitrogens is 3. The number of anilines is 2. The molecule has 1 aliphatic rings. The Morgan fingerprint density at radius 2 is 1.97 bits per heavy atom. The summed E-state index contributed by atoms with van der Waals surface area (Å²) in [6.45, 7) is 1.49. The molecule has 0 bridgehead atoms. The van der Waals surface area contributed by atoms with Gasteiger partial charge in [0.2, 0.25) is 16.2 Å². The summed E-state index contributed by atoms with van der Waals surface area (Å²) < 4.78 is 12.5. The first-order valence-electron chi connectivity index (χ1n) is 9.42. The van der Waals surface area contributed by atoms with E-state index in [0.29, 0.717) is 23.7 Å². The minimum atomic E-state index is -0.130. The minimum Gasteiger partial charge on any atom is -0.497 e. The number of amides is 1. The fraction of sp³-hybridized carbons (Fsp3) is 0.350. The molecule has 152 valence electrons. The summed E-state index contributed by atoms with van der Waals surface area (Å²) in [5.74, 6) is 1.10. The molecule has 0 saturated carbocycles. The van der Waals surface area contributed by atoms with Crippen LogP contribution in [0.3, 0.4) is 0 Å². The lowest BCUT2D eigenvalue weighted by molar-refractivity contribution is -0.120. The van der Waals surface area contributed by atoms with Gasteiger partial charge in [-0.3, -0.25) is 9.36 Å². The molecule has 3 heterocycles. The van der Waals surface area contributed by atoms with E-state index < -0.39 is 0 Å². The lowest BCUT2D eigenvalue weighted by atomic mass is 9.97. The zero-order chi connectivity index (χ0) is 20.2. The van der Waals surface area contributed by atoms with E-state index in [2.05, 4.69) is 20.4 Å². The highest BCUT2D eigenvalue weighted by Crippen LogP contribution is 2.31. The number of rotatable bonds is 6. The van der Waals surface area contributed by atoms with Gasteiger partial charge in [-0.1, -0.05) is 11.3 Å². The highest BCUT2D eigenvalue weighted by atomic mass is 32.1. The Kier molecular flexibility index (Phi) is 5.66. The Bertz CT molecular complexity index is 972. The second-order valence-corrected chi connectivity index (χ2v) is 7.73. The molecule has 0 radical (unpaired) electrons. The van der Waals surface area contributed by atoms with Crippen molar-refractivity contribution in [2.45, 2.75) is 12.8 Å². The van der Waals surface area contributed by atoms with Crippen LogP contribution >= 0.6 is 11.3 Å². The number of nitrogens with one attached hydrogen (secondary N) is 1. The van der Waals surface area contributed by atoms with Gasteiger partial charge in [-0.2, -0.15) is 0 Å². The summed E-state index contributed by atoms with van der Waals surface area (Å²) in [5.41, 5.74) is 0.640. The van der Waals surface area contributed by atoms with Crippen LogP contribution < -0.4 is 19.7 Å². The van der Waals surface area contributed by atoms with Gasteiger partial charge < -0.3 is 19.7 Å². The Morgan fingerprint density at radius 3 is 2.72 bits per heavy atom. The third-order valence-corrected chi connectivity index (χ3v) is 5.96. The van der Waals surface area contributed by atoms with E-state index in [9.17, 15) is 4.79 Å². The van der Waals surface area contributed by atoms with Crippen LogP contribution in [-0.2, 0) is 4.79 Å². The molecule has 0 aliphatic carbocycles. The van der Waals surface area contributed by atoms with Crippen LogP contribution in [0.1, 0.15) is 12.8 Å². The summed E-state index contributed by atoms with van der Waals surface area (Å²) >= 11 is 1.53. The molecule has 1 atom stereocenters. The zero-order valence-corrected chi connectivity index (χ0v) is 17.2. The average molecular weight is 414 g/mol. The Labute approximate surface area is 173 Å². The van der Waals surface area contributed by atoms with E-state index >= 15 is 0 Å². The van der Waals surface area contributed by atoms with Crippen LogP contribution in [0.15, 0.2) is 42.7 Å². The van der Waals surface area contributed by atoms with Crippen LogP contribution in [-0.4, -0.2) is 48.0 Å². The number of carbonyl (C=O) groups is 1. The Morgan fingerprint density at radius 1 is 1.17 bits per heavy atom. The van der Waals surface area contributed by atoms with Crippen molar-refractivity contribution in [2.75, 3.05) is 37.5 Å². The van der Waals surface area contributed by atoms with E-state index in [-0.39, 0.29) is 11.8 Å². The molecule has 1 fully saturated rings. The van der Waals surface area contributed by atoms with Gasteiger partial charge in [0.15, 0.2) is 0 Å². The van der Waals surface area contributed by atoms with Crippen LogP contribution in [0, 0.1) is 5.92 Å². The summed E-state index contributed by atoms with van der Waals surface area (Å²) in [4.78, 5) is 15.0. The first-order valence-corrected chi connectivity index (χ1v) is 10.2. The zero-order valence-electron chi connectivity index (χ0n) is 16.4. The number of benzene rings is 1. The maximum Gasteiger partial charge on any atom is 0.229 e. The van der Waals surface area contributed by atoms with Crippen molar-refractivity contribution in [1.29, 1.82) is 0 Å². The predicted octanol–water partition coefficient (Wildman–Crippen LogP) is 3.20. The molecule has 4 rings (SSSR count). The van der Waals surface area contributed by atoms with Gasteiger partial charge in [0.05, 0.1) is 25.8 Å². The molecule has 8 nitrogen and oxygen atoms in total. The number of piperidine rings is 1. The van der Waals surface area contributed by atoms with E-state index in [4.69, 9.17) is 9.47 Å². The fourth-order valence-corrected chi connectivity index (χ4v) is 4.25. The van der Waals surface area contributed by atoms with Crippen molar-refractivity contribution in [1.82, 2.24) is 14.8 Å². The number of hydrogen-bond acceptors (Lipinski definition) is 7. The number of ether oxygens (including phenoxy) is 2. The van der Waals surface area contributed by atoms with Gasteiger partial charge in [-0.15, -0.1) is 10.2 Å². The average Bonchev–Trinajstić information content (AvgIpc) is 3.46. The van der Waals surface area contributed by atoms with E-state index in [0.717, 1.165) is 29.6 Å². The number of nitrogens with zero attached hydrogens (tertiary/aromatic N) is 4. The van der Waals surface area contributed by atoms with Gasteiger partial charge in [-0.25, -0.2) is 0 Å². The summed E-state index contributed by atoms with van der Waals surface area (Å²) in [5, 5.41) is 13.3. The van der Waals surface area contributed by atoms with Crippen molar-refractivity contribution >= 4 is 28.1 Å². The van der Waals surface area contributed by atoms with Gasteiger partial charge >= 0.3 is 0 Å². The lowest BCUT2D eigenvalue weighted by Crippen LogP contribution is -2.40. The number of carbonyl (C=O) groups excluding carboxylic acids is 1. The molecule has 1 aliphatic heterocycles. The SMILES string of the molecule is COc1ccc(NC(=O)[C@H]2CCCN(c3nnc(-n4cccc4)s3)C2)c(OC)c1. The first-order chi connectivity index (χ1) is 14.2. The second-order valence-electron chi connectivity index (χ2n) is 6.80. The minimum absolute atomic E-state index is 0.0201. The number of hydrogen-bond donors (Lipinski definition) is 1. The smallest absolute Gasteiger partial charge is 0.229 e. The third kappa shape index (κ3) is 4.19. The normalized spacial score (nSPS) is 16.5. The van der Waals surface area contributed by atoms with Gasteiger partial charge in [-0.05, 0) is 37.1 Å². The fourth-order valence-electron chi connectivity index (χ4n) is 3.40. The van der Waals surface area contributed by atoms with Crippen LogP contribution in [0.4, 0.5) is 10.8 Å². The molecule has 1 N–H and O–H groups in total. The molecular weight excluding hydrogens is 390 g/mol. The van der Waals surface area contributed by atoms with E-state index in [1.54, 1.807) is 32.4 Å². The van der Waals surface area contributed by atoms with E-state index in [1.165, 1.54) is 11.3 Å². The third-order valence-electron chi connectivity index (χ3n) is 4.96. The summed E-state index contributed by atoms with van der Waals surface area (Å²) in [6, 6.07) is 9.26. The molecule has 0 spiro atoms. The van der Waals surface area contributed by atoms with Crippen molar-refractivity contribution in [3.63, 3.8) is 0 Å². The molecule has 1 saturated heterocycles. The standard InChI is InChI=1S/C20H23N5O3S/c1-27-15-7-8-16(17(12-15)28-2)21-18(26)14-6-5-11-25(13-14)20-23-22-19(29-20)24-9-3-4-10-24/h3-4,7-10,12,14H,5-6,11,13H2,1-2H3,(H,21,26)/t14-/m0/s1. The molecule has 2 aromatic heterocycles. The summed E-state index contributed by atoms with van der Waals surface area (Å²) in [6.07, 6.45) is 5.65. The molecule has 29 heavy (non-hydrogen) atoms. The van der Waals surface area contributed by atoms with Gasteiger partial charge in [0.1, 0.15) is 11.5 Å².